The quantitative estimate of drug-likeness (QED) is 0.581. The molecule has 4 rings (SSSR count). The summed E-state index contributed by atoms with van der Waals surface area (Å²) in [6.07, 6.45) is 1.61. The van der Waals surface area contributed by atoms with Gasteiger partial charge >= 0.3 is 0 Å². The normalized spacial score (nSPS) is 17.7. The van der Waals surface area contributed by atoms with Crippen molar-refractivity contribution in [3.8, 4) is 5.75 Å². The Morgan fingerprint density at radius 1 is 1.24 bits per heavy atom. The van der Waals surface area contributed by atoms with Gasteiger partial charge in [0.15, 0.2) is 6.10 Å². The number of carbonyl (C=O) groups is 3. The first-order valence-corrected chi connectivity index (χ1v) is 11.8. The van der Waals surface area contributed by atoms with Crippen molar-refractivity contribution in [2.75, 3.05) is 32.1 Å². The Morgan fingerprint density at radius 3 is 2.70 bits per heavy atom. The maximum Gasteiger partial charge on any atom is 0.268 e. The van der Waals surface area contributed by atoms with Crippen molar-refractivity contribution >= 4 is 35.2 Å². The molecule has 0 aliphatic carbocycles. The van der Waals surface area contributed by atoms with E-state index in [1.54, 1.807) is 43.0 Å². The minimum Gasteiger partial charge on any atom is -0.479 e. The monoisotopic (exact) mass is 468 g/mol. The summed E-state index contributed by atoms with van der Waals surface area (Å²) in [5.74, 6) is 0.109. The van der Waals surface area contributed by atoms with E-state index in [9.17, 15) is 14.4 Å². The highest BCUT2D eigenvalue weighted by Crippen LogP contribution is 2.31. The van der Waals surface area contributed by atoms with Gasteiger partial charge in [-0.1, -0.05) is 19.9 Å². The standard InChI is InChI=1S/C24H28N4O4S/c1-15(2)33-21-8-7-18(12-25-21)32-20-9-10-28(24(20)31)17-6-5-16-13-27(14-22(29)26(3)4)23(30)19(16)11-17/h5-8,11-12,15,20H,9-10,13-14H2,1-4H3. The van der Waals surface area contributed by atoms with Gasteiger partial charge in [0.1, 0.15) is 12.3 Å². The van der Waals surface area contributed by atoms with Gasteiger partial charge in [0.05, 0.1) is 11.2 Å². The molecule has 1 saturated heterocycles. The molecular formula is C24H28N4O4S. The van der Waals surface area contributed by atoms with Crippen LogP contribution in [0.5, 0.6) is 5.75 Å². The Kier molecular flexibility index (Phi) is 6.60. The van der Waals surface area contributed by atoms with Crippen LogP contribution in [0.15, 0.2) is 41.6 Å². The van der Waals surface area contributed by atoms with Crippen LogP contribution in [-0.4, -0.2) is 71.0 Å². The largest absolute Gasteiger partial charge is 0.479 e. The van der Waals surface area contributed by atoms with Crippen LogP contribution < -0.4 is 9.64 Å². The second-order valence-corrected chi connectivity index (χ2v) is 10.3. The number of fused-ring (bicyclic) bond motifs is 1. The van der Waals surface area contributed by atoms with Crippen molar-refractivity contribution in [1.82, 2.24) is 14.8 Å². The lowest BCUT2D eigenvalue weighted by Gasteiger charge is -2.18. The molecule has 0 radical (unpaired) electrons. The molecule has 1 aromatic heterocycles. The second kappa shape index (κ2) is 9.43. The molecule has 0 bridgehead atoms. The van der Waals surface area contributed by atoms with Crippen molar-refractivity contribution in [1.29, 1.82) is 0 Å². The molecule has 2 aliphatic rings. The van der Waals surface area contributed by atoms with E-state index < -0.39 is 6.10 Å². The van der Waals surface area contributed by atoms with E-state index in [1.165, 1.54) is 9.80 Å². The number of thioether (sulfide) groups is 1. The van der Waals surface area contributed by atoms with Gasteiger partial charge in [0, 0.05) is 50.1 Å². The Hall–Kier alpha value is -3.07. The number of benzene rings is 1. The van der Waals surface area contributed by atoms with Crippen LogP contribution >= 0.6 is 11.8 Å². The Bertz CT molecular complexity index is 1070. The number of aromatic nitrogens is 1. The highest BCUT2D eigenvalue weighted by Gasteiger charge is 2.36. The summed E-state index contributed by atoms with van der Waals surface area (Å²) in [6, 6.07) is 9.20. The lowest BCUT2D eigenvalue weighted by atomic mass is 10.1. The zero-order valence-electron chi connectivity index (χ0n) is 19.3. The fourth-order valence-electron chi connectivity index (χ4n) is 3.88. The fourth-order valence-corrected chi connectivity index (χ4v) is 4.62. The lowest BCUT2D eigenvalue weighted by molar-refractivity contribution is -0.129. The maximum atomic E-state index is 13.0. The molecule has 3 heterocycles. The number of carbonyl (C=O) groups excluding carboxylic acids is 3. The summed E-state index contributed by atoms with van der Waals surface area (Å²) in [7, 11) is 3.33. The summed E-state index contributed by atoms with van der Waals surface area (Å²) >= 11 is 1.67. The summed E-state index contributed by atoms with van der Waals surface area (Å²) in [5.41, 5.74) is 2.07. The van der Waals surface area contributed by atoms with Crippen LogP contribution in [0.2, 0.25) is 0 Å². The minimum absolute atomic E-state index is 0.0386. The van der Waals surface area contributed by atoms with Gasteiger partial charge in [-0.2, -0.15) is 0 Å². The van der Waals surface area contributed by atoms with Gasteiger partial charge in [-0.15, -0.1) is 11.8 Å². The number of likely N-dealkylation sites (N-methyl/N-ethyl adjacent to an activating group) is 1. The van der Waals surface area contributed by atoms with Crippen molar-refractivity contribution in [3.63, 3.8) is 0 Å². The number of nitrogens with zero attached hydrogens (tertiary/aromatic N) is 4. The first-order valence-electron chi connectivity index (χ1n) is 11.0. The summed E-state index contributed by atoms with van der Waals surface area (Å²) < 4.78 is 5.92. The van der Waals surface area contributed by atoms with Crippen LogP contribution in [0.1, 0.15) is 36.2 Å². The Morgan fingerprint density at radius 2 is 2.03 bits per heavy atom. The molecule has 0 saturated carbocycles. The van der Waals surface area contributed by atoms with Crippen LogP contribution in [-0.2, 0) is 16.1 Å². The third kappa shape index (κ3) is 4.98. The predicted octanol–water partition coefficient (Wildman–Crippen LogP) is 2.81. The highest BCUT2D eigenvalue weighted by molar-refractivity contribution is 7.99. The van der Waals surface area contributed by atoms with Crippen LogP contribution in [0.25, 0.3) is 0 Å². The second-order valence-electron chi connectivity index (χ2n) is 8.67. The van der Waals surface area contributed by atoms with Gasteiger partial charge in [0.2, 0.25) is 5.91 Å². The van der Waals surface area contributed by atoms with Gasteiger partial charge in [-0.05, 0) is 29.8 Å². The number of pyridine rings is 1. The molecular weight excluding hydrogens is 440 g/mol. The van der Waals surface area contributed by atoms with Crippen molar-refractivity contribution in [2.24, 2.45) is 0 Å². The van der Waals surface area contributed by atoms with Crippen molar-refractivity contribution in [2.45, 2.75) is 43.2 Å². The lowest BCUT2D eigenvalue weighted by Crippen LogP contribution is -2.36. The number of amides is 3. The molecule has 0 N–H and O–H groups in total. The van der Waals surface area contributed by atoms with E-state index >= 15 is 0 Å². The highest BCUT2D eigenvalue weighted by atomic mass is 32.2. The average molecular weight is 469 g/mol. The van der Waals surface area contributed by atoms with Gasteiger partial charge in [-0.25, -0.2) is 4.98 Å². The van der Waals surface area contributed by atoms with E-state index in [2.05, 4.69) is 18.8 Å². The average Bonchev–Trinajstić information content (AvgIpc) is 3.28. The third-order valence-electron chi connectivity index (χ3n) is 5.61. The Balaban J connectivity index is 1.42. The van der Waals surface area contributed by atoms with E-state index in [4.69, 9.17) is 4.74 Å². The van der Waals surface area contributed by atoms with E-state index in [1.807, 2.05) is 24.3 Å². The number of hydrogen-bond acceptors (Lipinski definition) is 6. The van der Waals surface area contributed by atoms with Gasteiger partial charge in [0.25, 0.3) is 11.8 Å². The van der Waals surface area contributed by atoms with Crippen LogP contribution in [0.4, 0.5) is 5.69 Å². The van der Waals surface area contributed by atoms with E-state index in [-0.39, 0.29) is 24.3 Å². The predicted molar refractivity (Wildman–Crippen MR) is 126 cm³/mol. The molecule has 1 fully saturated rings. The van der Waals surface area contributed by atoms with Gasteiger partial charge in [-0.3, -0.25) is 14.4 Å². The third-order valence-corrected chi connectivity index (χ3v) is 6.56. The topological polar surface area (TPSA) is 83.0 Å². The molecule has 3 amide bonds. The van der Waals surface area contributed by atoms with E-state index in [0.29, 0.717) is 41.8 Å². The number of rotatable bonds is 7. The number of hydrogen-bond donors (Lipinski definition) is 0. The molecule has 1 atom stereocenters. The molecule has 33 heavy (non-hydrogen) atoms. The van der Waals surface area contributed by atoms with Crippen LogP contribution in [0.3, 0.4) is 0 Å². The molecule has 8 nitrogen and oxygen atoms in total. The van der Waals surface area contributed by atoms with E-state index in [0.717, 1.165) is 10.6 Å². The molecule has 2 aromatic rings. The summed E-state index contributed by atoms with van der Waals surface area (Å²) in [6.45, 7) is 5.16. The zero-order valence-corrected chi connectivity index (χ0v) is 20.1. The summed E-state index contributed by atoms with van der Waals surface area (Å²) in [4.78, 5) is 46.9. The first-order chi connectivity index (χ1) is 15.7. The minimum atomic E-state index is -0.589. The fraction of sp³-hybridized carbons (Fsp3) is 0.417. The SMILES string of the molecule is CC(C)Sc1ccc(OC2CCN(c3ccc4c(c3)C(=O)N(CC(=O)N(C)C)C4)C2=O)cn1. The Labute approximate surface area is 197 Å². The molecule has 1 unspecified atom stereocenters. The van der Waals surface area contributed by atoms with Crippen molar-refractivity contribution < 1.29 is 19.1 Å². The summed E-state index contributed by atoms with van der Waals surface area (Å²) in [5, 5.41) is 1.36. The zero-order chi connectivity index (χ0) is 23.7. The molecule has 174 valence electrons. The van der Waals surface area contributed by atoms with Crippen molar-refractivity contribution in [3.05, 3.63) is 47.7 Å². The molecule has 2 aliphatic heterocycles. The number of ether oxygens (including phenoxy) is 1. The maximum absolute atomic E-state index is 13.0. The first kappa shape index (κ1) is 23.1. The van der Waals surface area contributed by atoms with Gasteiger partial charge < -0.3 is 19.4 Å². The molecule has 9 heteroatoms. The smallest absolute Gasteiger partial charge is 0.268 e. The number of anilines is 1. The molecule has 0 spiro atoms. The van der Waals surface area contributed by atoms with Crippen LogP contribution in [0, 0.1) is 0 Å². The molecule has 1 aromatic carbocycles.